The number of carbonyl (C=O) groups excluding carboxylic acids is 4. The monoisotopic (exact) mass is 310 g/mol. The molecular formula is C13H34N4O4. The highest BCUT2D eigenvalue weighted by molar-refractivity contribution is 5.72. The summed E-state index contributed by atoms with van der Waals surface area (Å²) in [6.07, 6.45) is 0.625. The van der Waals surface area contributed by atoms with Crippen LogP contribution in [0.5, 0.6) is 0 Å². The van der Waals surface area contributed by atoms with Crippen molar-refractivity contribution < 1.29 is 19.2 Å². The van der Waals surface area contributed by atoms with Crippen LogP contribution in [-0.2, 0) is 19.2 Å². The molecule has 0 fully saturated rings. The van der Waals surface area contributed by atoms with E-state index in [0.29, 0.717) is 6.41 Å². The molecule has 21 heavy (non-hydrogen) atoms. The number of amides is 4. The van der Waals surface area contributed by atoms with Gasteiger partial charge in [-0.25, -0.2) is 0 Å². The maximum absolute atomic E-state index is 9.70. The Kier molecular flexibility index (Phi) is 62.5. The zero-order chi connectivity index (χ0) is 16.3. The van der Waals surface area contributed by atoms with Crippen LogP contribution in [0.2, 0.25) is 0 Å². The largest absolute Gasteiger partial charge is 0.362 e. The molecule has 0 aromatic heterocycles. The molecule has 0 unspecified atom stereocenters. The first kappa shape index (κ1) is 36.4. The molecule has 8 nitrogen and oxygen atoms in total. The third-order valence-electron chi connectivity index (χ3n) is 1.17. The van der Waals surface area contributed by atoms with Crippen molar-refractivity contribution in [2.45, 2.75) is 35.6 Å². The number of hydrogen-bond donors (Lipinski definition) is 4. The van der Waals surface area contributed by atoms with Crippen molar-refractivity contribution in [2.24, 2.45) is 0 Å². The summed E-state index contributed by atoms with van der Waals surface area (Å²) in [6, 6.07) is 0. The molecule has 0 aliphatic rings. The fraction of sp³-hybridized carbons (Fsp3) is 0.692. The van der Waals surface area contributed by atoms with Gasteiger partial charge in [0.15, 0.2) is 0 Å². The summed E-state index contributed by atoms with van der Waals surface area (Å²) < 4.78 is 0. The van der Waals surface area contributed by atoms with Crippen molar-refractivity contribution in [3.63, 3.8) is 0 Å². The molecule has 0 saturated carbocycles. The van der Waals surface area contributed by atoms with Gasteiger partial charge in [-0.05, 0) is 0 Å². The van der Waals surface area contributed by atoms with Crippen LogP contribution in [0.15, 0.2) is 0 Å². The average Bonchev–Trinajstić information content (AvgIpc) is 2.40. The summed E-state index contributed by atoms with van der Waals surface area (Å²) in [5, 5.41) is 9.42. The number of carbonyl (C=O) groups is 4. The lowest BCUT2D eigenvalue weighted by molar-refractivity contribution is -0.119. The van der Waals surface area contributed by atoms with Crippen molar-refractivity contribution in [3.8, 4) is 0 Å². The molecule has 8 heteroatoms. The molecule has 130 valence electrons. The number of rotatable bonds is 1. The van der Waals surface area contributed by atoms with Crippen LogP contribution in [-0.4, -0.2) is 52.3 Å². The quantitative estimate of drug-likeness (QED) is 0.506. The molecule has 0 rings (SSSR count). The molecule has 0 bridgehead atoms. The molecule has 0 aliphatic carbocycles. The van der Waals surface area contributed by atoms with E-state index in [1.165, 1.54) is 20.8 Å². The van der Waals surface area contributed by atoms with Gasteiger partial charge in [0.05, 0.1) is 0 Å². The van der Waals surface area contributed by atoms with E-state index < -0.39 is 0 Å². The predicted octanol–water partition coefficient (Wildman–Crippen LogP) is -0.109. The lowest BCUT2D eigenvalue weighted by Crippen LogP contribution is -2.11. The van der Waals surface area contributed by atoms with Crippen molar-refractivity contribution >= 4 is 24.1 Å². The third kappa shape index (κ3) is 189. The van der Waals surface area contributed by atoms with Crippen LogP contribution in [0, 0.1) is 0 Å². The summed E-state index contributed by atoms with van der Waals surface area (Å²) in [5.74, 6) is 0.0139. The molecule has 0 aromatic rings. The van der Waals surface area contributed by atoms with Gasteiger partial charge < -0.3 is 21.3 Å². The standard InChI is InChI=1S/3C3H7NO.C2H5NO.2CH4/c3*1-3(5)4-2;1-3-2-4;;/h3*1-2H3,(H,4,5);2H,1H3,(H,3,4);2*1H4. The zero-order valence-corrected chi connectivity index (χ0v) is 12.7. The van der Waals surface area contributed by atoms with E-state index in [9.17, 15) is 14.4 Å². The van der Waals surface area contributed by atoms with Gasteiger partial charge in [-0.15, -0.1) is 0 Å². The van der Waals surface area contributed by atoms with E-state index in [1.807, 2.05) is 0 Å². The van der Waals surface area contributed by atoms with E-state index in [-0.39, 0.29) is 32.6 Å². The van der Waals surface area contributed by atoms with Gasteiger partial charge in [-0.2, -0.15) is 0 Å². The van der Waals surface area contributed by atoms with Crippen LogP contribution in [0.3, 0.4) is 0 Å². The molecule has 0 atom stereocenters. The third-order valence-corrected chi connectivity index (χ3v) is 1.17. The Morgan fingerprint density at radius 3 is 0.762 bits per heavy atom. The molecule has 0 aromatic carbocycles. The summed E-state index contributed by atoms with van der Waals surface area (Å²) in [6.45, 7) is 4.42. The van der Waals surface area contributed by atoms with E-state index in [1.54, 1.807) is 28.2 Å². The molecular weight excluding hydrogens is 276 g/mol. The molecule has 0 saturated heterocycles. The molecule has 0 aliphatic heterocycles. The minimum Gasteiger partial charge on any atom is -0.362 e. The van der Waals surface area contributed by atoms with Crippen molar-refractivity contribution in [1.82, 2.24) is 21.3 Å². The first-order chi connectivity index (χ1) is 8.72. The molecule has 0 radical (unpaired) electrons. The first-order valence-corrected chi connectivity index (χ1v) is 5.39. The maximum atomic E-state index is 9.70. The maximum Gasteiger partial charge on any atom is 0.216 e. The average molecular weight is 310 g/mol. The van der Waals surface area contributed by atoms with E-state index in [0.717, 1.165) is 0 Å². The van der Waals surface area contributed by atoms with Gasteiger partial charge in [0, 0.05) is 49.0 Å². The Hall–Kier alpha value is -2.12. The predicted molar refractivity (Wildman–Crippen MR) is 87.8 cm³/mol. The number of hydrogen-bond acceptors (Lipinski definition) is 4. The first-order valence-electron chi connectivity index (χ1n) is 5.39. The van der Waals surface area contributed by atoms with E-state index >= 15 is 0 Å². The second kappa shape index (κ2) is 36.1. The van der Waals surface area contributed by atoms with E-state index in [4.69, 9.17) is 4.79 Å². The summed E-state index contributed by atoms with van der Waals surface area (Å²) in [7, 11) is 6.36. The SMILES string of the molecule is C.C.CNC(C)=O.CNC(C)=O.CNC(C)=O.CNC=O. The van der Waals surface area contributed by atoms with Gasteiger partial charge in [0.1, 0.15) is 0 Å². The summed E-state index contributed by atoms with van der Waals surface area (Å²) in [5.41, 5.74) is 0. The Morgan fingerprint density at radius 1 is 0.667 bits per heavy atom. The molecule has 0 spiro atoms. The highest BCUT2D eigenvalue weighted by atomic mass is 16.2. The van der Waals surface area contributed by atoms with Gasteiger partial charge in [0.2, 0.25) is 24.1 Å². The van der Waals surface area contributed by atoms with Crippen molar-refractivity contribution in [2.75, 3.05) is 28.2 Å². The Balaban J connectivity index is -0.0000000347. The summed E-state index contributed by atoms with van der Waals surface area (Å²) >= 11 is 0. The Bertz CT molecular complexity index is 213. The lowest BCUT2D eigenvalue weighted by atomic mass is 10.7. The van der Waals surface area contributed by atoms with Crippen molar-refractivity contribution in [1.29, 1.82) is 0 Å². The Labute approximate surface area is 129 Å². The molecule has 4 N–H and O–H groups in total. The smallest absolute Gasteiger partial charge is 0.216 e. The topological polar surface area (TPSA) is 116 Å². The highest BCUT2D eigenvalue weighted by Gasteiger charge is 1.73. The molecule has 4 amide bonds. The van der Waals surface area contributed by atoms with Gasteiger partial charge in [-0.3, -0.25) is 19.2 Å². The van der Waals surface area contributed by atoms with Crippen LogP contribution in [0.4, 0.5) is 0 Å². The van der Waals surface area contributed by atoms with Crippen LogP contribution < -0.4 is 21.3 Å². The van der Waals surface area contributed by atoms with Crippen LogP contribution >= 0.6 is 0 Å². The Morgan fingerprint density at radius 2 is 0.762 bits per heavy atom. The fourth-order valence-electron chi connectivity index (χ4n) is 0. The van der Waals surface area contributed by atoms with Crippen LogP contribution in [0.25, 0.3) is 0 Å². The zero-order valence-electron chi connectivity index (χ0n) is 12.7. The summed E-state index contributed by atoms with van der Waals surface area (Å²) in [4.78, 5) is 38.2. The lowest BCUT2D eigenvalue weighted by Gasteiger charge is -1.80. The van der Waals surface area contributed by atoms with Gasteiger partial charge in [-0.1, -0.05) is 14.9 Å². The van der Waals surface area contributed by atoms with Crippen molar-refractivity contribution in [3.05, 3.63) is 0 Å². The van der Waals surface area contributed by atoms with Gasteiger partial charge >= 0.3 is 0 Å². The highest BCUT2D eigenvalue weighted by Crippen LogP contribution is 1.46. The fourth-order valence-corrected chi connectivity index (χ4v) is 0. The van der Waals surface area contributed by atoms with E-state index in [2.05, 4.69) is 21.3 Å². The van der Waals surface area contributed by atoms with Crippen LogP contribution in [0.1, 0.15) is 35.6 Å². The van der Waals surface area contributed by atoms with Gasteiger partial charge in [0.25, 0.3) is 0 Å². The normalized spacial score (nSPS) is 5.86. The minimum absolute atomic E-state index is 0. The second-order valence-corrected chi connectivity index (χ2v) is 2.83. The molecule has 0 heterocycles. The second-order valence-electron chi connectivity index (χ2n) is 2.83. The number of nitrogens with one attached hydrogen (secondary N) is 4. The minimum atomic E-state index is 0.